The van der Waals surface area contributed by atoms with Gasteiger partial charge in [0.2, 0.25) is 5.91 Å². The van der Waals surface area contributed by atoms with Gasteiger partial charge in [-0.1, -0.05) is 12.2 Å². The largest absolute Gasteiger partial charge is 0.493 e. The Morgan fingerprint density at radius 2 is 2.14 bits per heavy atom. The monoisotopic (exact) mass is 297 g/mol. The van der Waals surface area contributed by atoms with Gasteiger partial charge in [0.1, 0.15) is 12.3 Å². The maximum absolute atomic E-state index is 11.0. The van der Waals surface area contributed by atoms with Crippen LogP contribution >= 0.6 is 0 Å². The van der Waals surface area contributed by atoms with Crippen molar-refractivity contribution >= 4 is 17.3 Å². The van der Waals surface area contributed by atoms with Crippen LogP contribution in [-0.2, 0) is 4.79 Å². The number of ether oxygens (including phenoxy) is 1. The summed E-state index contributed by atoms with van der Waals surface area (Å²) in [6, 6.07) is 7.48. The molecule has 4 nitrogen and oxygen atoms in total. The number of amides is 1. The summed E-state index contributed by atoms with van der Waals surface area (Å²) in [5, 5.41) is 2.74. The fourth-order valence-corrected chi connectivity index (χ4v) is 2.84. The molecule has 1 aliphatic carbocycles. The van der Waals surface area contributed by atoms with E-state index in [1.807, 2.05) is 24.3 Å². The molecular formula is C18H21N2O2+. The Morgan fingerprint density at radius 3 is 2.91 bits per heavy atom. The molecule has 0 saturated carbocycles. The number of carbonyl (C=O) groups excluding carboxylic acids is 1. The Labute approximate surface area is 130 Å². The van der Waals surface area contributed by atoms with Crippen molar-refractivity contribution in [2.75, 3.05) is 25.0 Å². The highest BCUT2D eigenvalue weighted by Gasteiger charge is 2.25. The van der Waals surface area contributed by atoms with E-state index >= 15 is 0 Å². The van der Waals surface area contributed by atoms with E-state index in [4.69, 9.17) is 4.74 Å². The maximum Gasteiger partial charge on any atom is 0.221 e. The Balaban J connectivity index is 1.42. The summed E-state index contributed by atoms with van der Waals surface area (Å²) < 4.78 is 8.19. The van der Waals surface area contributed by atoms with Crippen molar-refractivity contribution in [1.29, 1.82) is 0 Å². The molecule has 3 rings (SSSR count). The zero-order valence-electron chi connectivity index (χ0n) is 12.8. The first-order valence-electron chi connectivity index (χ1n) is 7.71. The van der Waals surface area contributed by atoms with Crippen molar-refractivity contribution in [2.45, 2.75) is 19.8 Å². The minimum absolute atomic E-state index is 0.0637. The summed E-state index contributed by atoms with van der Waals surface area (Å²) in [5.41, 5.74) is 3.65. The summed E-state index contributed by atoms with van der Waals surface area (Å²) in [6.45, 7) is 4.26. The number of benzene rings is 1. The summed E-state index contributed by atoms with van der Waals surface area (Å²) in [4.78, 5) is 11.0. The van der Waals surface area contributed by atoms with Gasteiger partial charge in [0.25, 0.3) is 0 Å². The first-order chi connectivity index (χ1) is 10.7. The van der Waals surface area contributed by atoms with Gasteiger partial charge >= 0.3 is 0 Å². The van der Waals surface area contributed by atoms with Crippen LogP contribution in [0.3, 0.4) is 0 Å². The second-order valence-corrected chi connectivity index (χ2v) is 5.57. The molecular weight excluding hydrogens is 276 g/mol. The molecule has 1 amide bonds. The third-order valence-corrected chi connectivity index (χ3v) is 3.87. The maximum atomic E-state index is 11.0. The lowest BCUT2D eigenvalue weighted by molar-refractivity contribution is -0.515. The van der Waals surface area contributed by atoms with Gasteiger partial charge in [0.05, 0.1) is 13.0 Å². The number of allylic oxidation sites excluding steroid dienone is 3. The third-order valence-electron chi connectivity index (χ3n) is 3.87. The third kappa shape index (κ3) is 3.45. The average Bonchev–Trinajstić information content (AvgIpc) is 3.09. The van der Waals surface area contributed by atoms with Crippen molar-refractivity contribution in [1.82, 2.24) is 0 Å². The quantitative estimate of drug-likeness (QED) is 0.648. The number of fused-ring (bicyclic) bond motifs is 1. The summed E-state index contributed by atoms with van der Waals surface area (Å²) >= 11 is 0. The van der Waals surface area contributed by atoms with E-state index in [2.05, 4.69) is 28.1 Å². The Bertz CT molecular complexity index is 654. The molecule has 0 bridgehead atoms. The molecule has 1 N–H and O–H groups in total. The lowest BCUT2D eigenvalue weighted by Crippen LogP contribution is -2.19. The number of nitrogens with zero attached hydrogens (tertiary/aromatic N) is 1. The molecule has 0 radical (unpaired) electrons. The van der Waals surface area contributed by atoms with Crippen LogP contribution in [0.4, 0.5) is 5.69 Å². The average molecular weight is 297 g/mol. The topological polar surface area (TPSA) is 41.3 Å². The number of anilines is 1. The highest BCUT2D eigenvalue weighted by molar-refractivity contribution is 6.03. The Hall–Kier alpha value is -2.36. The van der Waals surface area contributed by atoms with Crippen LogP contribution in [0.15, 0.2) is 48.1 Å². The van der Waals surface area contributed by atoms with Gasteiger partial charge in [-0.25, -0.2) is 4.58 Å². The Morgan fingerprint density at radius 1 is 1.32 bits per heavy atom. The van der Waals surface area contributed by atoms with Gasteiger partial charge < -0.3 is 10.1 Å². The van der Waals surface area contributed by atoms with E-state index in [-0.39, 0.29) is 5.91 Å². The highest BCUT2D eigenvalue weighted by Crippen LogP contribution is 2.19. The van der Waals surface area contributed by atoms with Crippen LogP contribution in [0, 0.1) is 0 Å². The number of carbonyl (C=O) groups is 1. The molecule has 4 heteroatoms. The summed E-state index contributed by atoms with van der Waals surface area (Å²) in [5.74, 6) is 0.774. The number of rotatable bonds is 6. The molecule has 1 aromatic carbocycles. The zero-order chi connectivity index (χ0) is 15.4. The fraction of sp³-hybridized carbons (Fsp3) is 0.333. The second-order valence-electron chi connectivity index (χ2n) is 5.57. The SMILES string of the molecule is CC(=O)Nc1ccc(OCCC[N+]2=C3CC=CC3=CC2)cc1. The number of hydrogen-bond donors (Lipinski definition) is 1. The van der Waals surface area contributed by atoms with Crippen molar-refractivity contribution in [2.24, 2.45) is 0 Å². The Kier molecular flexibility index (Phi) is 4.37. The van der Waals surface area contributed by atoms with E-state index in [9.17, 15) is 4.79 Å². The normalized spacial score (nSPS) is 15.8. The predicted octanol–water partition coefficient (Wildman–Crippen LogP) is 2.77. The van der Waals surface area contributed by atoms with Gasteiger partial charge in [-0.15, -0.1) is 0 Å². The molecule has 0 spiro atoms. The minimum atomic E-state index is -0.0637. The molecule has 1 heterocycles. The second kappa shape index (κ2) is 6.60. The zero-order valence-corrected chi connectivity index (χ0v) is 12.8. The highest BCUT2D eigenvalue weighted by atomic mass is 16.5. The van der Waals surface area contributed by atoms with Crippen LogP contribution in [0.2, 0.25) is 0 Å². The van der Waals surface area contributed by atoms with E-state index < -0.39 is 0 Å². The van der Waals surface area contributed by atoms with Crippen LogP contribution < -0.4 is 10.1 Å². The van der Waals surface area contributed by atoms with E-state index in [1.165, 1.54) is 18.2 Å². The number of nitrogens with one attached hydrogen (secondary N) is 1. The van der Waals surface area contributed by atoms with Crippen molar-refractivity contribution in [3.63, 3.8) is 0 Å². The summed E-state index contributed by atoms with van der Waals surface area (Å²) in [7, 11) is 0. The standard InChI is InChI=1S/C18H20N2O2/c1-14(21)19-16-6-8-17(9-7-16)22-13-3-11-20-12-10-15-4-2-5-18(15)20/h2,4,6-10H,3,5,11-13H2,1H3/p+1. The van der Waals surface area contributed by atoms with Gasteiger partial charge in [0.15, 0.2) is 12.3 Å². The van der Waals surface area contributed by atoms with Crippen molar-refractivity contribution in [3.05, 3.63) is 48.1 Å². The molecule has 2 aliphatic rings. The van der Waals surface area contributed by atoms with E-state index in [0.717, 1.165) is 37.4 Å². The molecule has 0 aromatic heterocycles. The van der Waals surface area contributed by atoms with Gasteiger partial charge in [-0.2, -0.15) is 0 Å². The van der Waals surface area contributed by atoms with Gasteiger partial charge in [0, 0.05) is 24.6 Å². The molecule has 0 saturated heterocycles. The molecule has 114 valence electrons. The number of hydrogen-bond acceptors (Lipinski definition) is 2. The minimum Gasteiger partial charge on any atom is -0.493 e. The van der Waals surface area contributed by atoms with E-state index in [1.54, 1.807) is 0 Å². The molecule has 22 heavy (non-hydrogen) atoms. The lowest BCUT2D eigenvalue weighted by Gasteiger charge is -2.07. The summed E-state index contributed by atoms with van der Waals surface area (Å²) in [6.07, 6.45) is 8.79. The molecule has 0 unspecified atom stereocenters. The first kappa shape index (κ1) is 14.6. The van der Waals surface area contributed by atoms with Crippen LogP contribution in [0.1, 0.15) is 19.8 Å². The van der Waals surface area contributed by atoms with Crippen LogP contribution in [0.25, 0.3) is 0 Å². The van der Waals surface area contributed by atoms with Crippen LogP contribution in [0.5, 0.6) is 5.75 Å². The molecule has 0 fully saturated rings. The van der Waals surface area contributed by atoms with Gasteiger partial charge in [-0.05, 0) is 30.3 Å². The molecule has 1 aliphatic heterocycles. The van der Waals surface area contributed by atoms with Crippen LogP contribution in [-0.4, -0.2) is 35.9 Å². The smallest absolute Gasteiger partial charge is 0.221 e. The molecule has 1 aromatic rings. The van der Waals surface area contributed by atoms with E-state index in [0.29, 0.717) is 6.61 Å². The van der Waals surface area contributed by atoms with Crippen molar-refractivity contribution < 1.29 is 14.1 Å². The first-order valence-corrected chi connectivity index (χ1v) is 7.71. The van der Waals surface area contributed by atoms with Crippen molar-refractivity contribution in [3.8, 4) is 5.75 Å². The predicted molar refractivity (Wildman–Crippen MR) is 87.7 cm³/mol. The van der Waals surface area contributed by atoms with Gasteiger partial charge in [-0.3, -0.25) is 4.79 Å². The lowest BCUT2D eigenvalue weighted by atomic mass is 10.2. The fourth-order valence-electron chi connectivity index (χ4n) is 2.84. The molecule has 0 atom stereocenters.